The van der Waals surface area contributed by atoms with Gasteiger partial charge in [0.25, 0.3) is 0 Å². The summed E-state index contributed by atoms with van der Waals surface area (Å²) in [4.78, 5) is 5.89. The van der Waals surface area contributed by atoms with Gasteiger partial charge in [-0.3, -0.25) is 0 Å². The fourth-order valence-electron chi connectivity index (χ4n) is 5.78. The van der Waals surface area contributed by atoms with Crippen LogP contribution in [0.3, 0.4) is 0 Å². The van der Waals surface area contributed by atoms with E-state index in [1.807, 2.05) is 0 Å². The van der Waals surface area contributed by atoms with Crippen molar-refractivity contribution < 1.29 is 0 Å². The van der Waals surface area contributed by atoms with Crippen LogP contribution in [0, 0.1) is 0 Å². The van der Waals surface area contributed by atoms with Gasteiger partial charge in [0, 0.05) is 12.1 Å². The molecule has 0 radical (unpaired) electrons. The van der Waals surface area contributed by atoms with Gasteiger partial charge in [-0.05, 0) is 71.1 Å². The van der Waals surface area contributed by atoms with E-state index in [9.17, 15) is 0 Å². The lowest BCUT2D eigenvalue weighted by molar-refractivity contribution is 0.105. The lowest BCUT2D eigenvalue weighted by atomic mass is 9.96. The molecular formula is C24H46N2. The molecule has 1 aliphatic carbocycles. The molecule has 2 aliphatic heterocycles. The molecule has 2 heteroatoms. The van der Waals surface area contributed by atoms with Crippen molar-refractivity contribution in [1.82, 2.24) is 9.80 Å². The van der Waals surface area contributed by atoms with Crippen LogP contribution < -0.4 is 0 Å². The molecule has 2 saturated heterocycles. The maximum Gasteiger partial charge on any atom is 0.0110 e. The summed E-state index contributed by atoms with van der Waals surface area (Å²) < 4.78 is 0. The first kappa shape index (κ1) is 20.6. The van der Waals surface area contributed by atoms with Crippen LogP contribution in [0.15, 0.2) is 0 Å². The number of hydrogen-bond acceptors (Lipinski definition) is 2. The van der Waals surface area contributed by atoms with Crippen molar-refractivity contribution in [2.45, 2.75) is 128 Å². The predicted molar refractivity (Wildman–Crippen MR) is 114 cm³/mol. The highest BCUT2D eigenvalue weighted by molar-refractivity contribution is 4.83. The van der Waals surface area contributed by atoms with Crippen LogP contribution >= 0.6 is 0 Å². The van der Waals surface area contributed by atoms with E-state index >= 15 is 0 Å². The zero-order valence-electron chi connectivity index (χ0n) is 17.6. The Bertz CT molecular complexity index is 338. The maximum atomic E-state index is 2.95. The quantitative estimate of drug-likeness (QED) is 0.561. The molecule has 0 aromatic carbocycles. The minimum Gasteiger partial charge on any atom is -0.300 e. The minimum absolute atomic E-state index is 0.877. The van der Waals surface area contributed by atoms with E-state index in [2.05, 4.69) is 9.80 Å². The smallest absolute Gasteiger partial charge is 0.0110 e. The highest BCUT2D eigenvalue weighted by Gasteiger charge is 2.27. The molecule has 0 aromatic heterocycles. The summed E-state index contributed by atoms with van der Waals surface area (Å²) in [6.45, 7) is 5.55. The van der Waals surface area contributed by atoms with E-state index < -0.39 is 0 Å². The average Bonchev–Trinajstić information content (AvgIpc) is 2.83. The third kappa shape index (κ3) is 7.15. The lowest BCUT2D eigenvalue weighted by Crippen LogP contribution is -2.44. The minimum atomic E-state index is 0.877. The molecule has 0 bridgehead atoms. The standard InChI is InChI=1S/C24H46N2/c1-2-7-13-19-25(18-12-6-1)23-16-10-4-5-11-17-24(22-23)26-20-14-8-3-9-15-21-26/h23-24H,1-22H2. The lowest BCUT2D eigenvalue weighted by Gasteiger charge is -2.39. The van der Waals surface area contributed by atoms with E-state index in [1.54, 1.807) is 0 Å². The normalized spacial score (nSPS) is 32.8. The summed E-state index contributed by atoms with van der Waals surface area (Å²) in [6.07, 6.45) is 26.5. The van der Waals surface area contributed by atoms with Gasteiger partial charge in [0.2, 0.25) is 0 Å². The Morgan fingerprint density at radius 2 is 0.654 bits per heavy atom. The number of likely N-dealkylation sites (tertiary alicyclic amines) is 1. The fraction of sp³-hybridized carbons (Fsp3) is 1.00. The van der Waals surface area contributed by atoms with Crippen molar-refractivity contribution in [1.29, 1.82) is 0 Å². The molecule has 2 atom stereocenters. The van der Waals surface area contributed by atoms with E-state index in [-0.39, 0.29) is 0 Å². The Hall–Kier alpha value is -0.0800. The van der Waals surface area contributed by atoms with E-state index in [4.69, 9.17) is 0 Å². The second kappa shape index (κ2) is 12.4. The molecule has 1 saturated carbocycles. The third-order valence-electron chi connectivity index (χ3n) is 7.43. The molecule has 3 aliphatic rings. The van der Waals surface area contributed by atoms with Gasteiger partial charge < -0.3 is 9.80 Å². The summed E-state index contributed by atoms with van der Waals surface area (Å²) in [6, 6.07) is 1.76. The van der Waals surface area contributed by atoms with Crippen LogP contribution in [-0.4, -0.2) is 48.1 Å². The summed E-state index contributed by atoms with van der Waals surface area (Å²) in [5.41, 5.74) is 0. The topological polar surface area (TPSA) is 6.48 Å². The Labute approximate surface area is 164 Å². The Kier molecular flexibility index (Phi) is 9.84. The van der Waals surface area contributed by atoms with Crippen molar-refractivity contribution in [3.63, 3.8) is 0 Å². The second-order valence-corrected chi connectivity index (χ2v) is 9.50. The van der Waals surface area contributed by atoms with Gasteiger partial charge in [0.15, 0.2) is 0 Å². The van der Waals surface area contributed by atoms with Crippen molar-refractivity contribution in [2.75, 3.05) is 26.2 Å². The van der Waals surface area contributed by atoms with Gasteiger partial charge in [-0.1, -0.05) is 70.6 Å². The van der Waals surface area contributed by atoms with Crippen LogP contribution in [0.25, 0.3) is 0 Å². The molecule has 0 N–H and O–H groups in total. The molecule has 0 aromatic rings. The molecule has 0 spiro atoms. The average molecular weight is 363 g/mol. The predicted octanol–water partition coefficient (Wildman–Crippen LogP) is 6.39. The molecule has 26 heavy (non-hydrogen) atoms. The van der Waals surface area contributed by atoms with Gasteiger partial charge in [0.05, 0.1) is 0 Å². The molecular weight excluding hydrogens is 316 g/mol. The summed E-state index contributed by atoms with van der Waals surface area (Å²) in [5, 5.41) is 0. The van der Waals surface area contributed by atoms with Crippen molar-refractivity contribution in [3.8, 4) is 0 Å². The van der Waals surface area contributed by atoms with Gasteiger partial charge >= 0.3 is 0 Å². The highest BCUT2D eigenvalue weighted by Crippen LogP contribution is 2.27. The first-order chi connectivity index (χ1) is 12.9. The maximum absolute atomic E-state index is 2.95. The number of rotatable bonds is 2. The molecule has 2 nitrogen and oxygen atoms in total. The van der Waals surface area contributed by atoms with E-state index in [1.165, 1.54) is 142 Å². The van der Waals surface area contributed by atoms with Crippen LogP contribution in [0.1, 0.15) is 116 Å². The largest absolute Gasteiger partial charge is 0.300 e. The Balaban J connectivity index is 1.63. The molecule has 2 heterocycles. The first-order valence-electron chi connectivity index (χ1n) is 12.4. The van der Waals surface area contributed by atoms with Crippen molar-refractivity contribution >= 4 is 0 Å². The van der Waals surface area contributed by atoms with Crippen LogP contribution in [0.2, 0.25) is 0 Å². The van der Waals surface area contributed by atoms with Crippen LogP contribution in [0.4, 0.5) is 0 Å². The second-order valence-electron chi connectivity index (χ2n) is 9.50. The van der Waals surface area contributed by atoms with Crippen LogP contribution in [-0.2, 0) is 0 Å². The number of nitrogens with zero attached hydrogens (tertiary/aromatic N) is 2. The van der Waals surface area contributed by atoms with Crippen molar-refractivity contribution in [3.05, 3.63) is 0 Å². The molecule has 3 rings (SSSR count). The third-order valence-corrected chi connectivity index (χ3v) is 7.43. The van der Waals surface area contributed by atoms with E-state index in [0.717, 1.165) is 12.1 Å². The van der Waals surface area contributed by atoms with Crippen molar-refractivity contribution in [2.24, 2.45) is 0 Å². The van der Waals surface area contributed by atoms with Gasteiger partial charge in [0.1, 0.15) is 0 Å². The van der Waals surface area contributed by atoms with Gasteiger partial charge in [-0.15, -0.1) is 0 Å². The molecule has 3 fully saturated rings. The summed E-state index contributed by atoms with van der Waals surface area (Å²) in [7, 11) is 0. The first-order valence-corrected chi connectivity index (χ1v) is 12.4. The van der Waals surface area contributed by atoms with E-state index in [0.29, 0.717) is 0 Å². The molecule has 152 valence electrons. The highest BCUT2D eigenvalue weighted by atomic mass is 15.2. The van der Waals surface area contributed by atoms with Gasteiger partial charge in [-0.2, -0.15) is 0 Å². The Morgan fingerprint density at radius 1 is 0.346 bits per heavy atom. The Morgan fingerprint density at radius 3 is 1.04 bits per heavy atom. The molecule has 2 unspecified atom stereocenters. The summed E-state index contributed by atoms with van der Waals surface area (Å²) >= 11 is 0. The fourth-order valence-corrected chi connectivity index (χ4v) is 5.78. The van der Waals surface area contributed by atoms with Crippen LogP contribution in [0.5, 0.6) is 0 Å². The number of hydrogen-bond donors (Lipinski definition) is 0. The monoisotopic (exact) mass is 362 g/mol. The zero-order valence-corrected chi connectivity index (χ0v) is 17.6. The SMILES string of the molecule is C1CCCCN(C2CCCCCCC(N3CCCCCCC3)C2)CCC1. The zero-order chi connectivity index (χ0) is 17.9. The summed E-state index contributed by atoms with van der Waals surface area (Å²) in [5.74, 6) is 0. The molecule has 0 amide bonds. The van der Waals surface area contributed by atoms with Gasteiger partial charge in [-0.25, -0.2) is 0 Å².